The van der Waals surface area contributed by atoms with Crippen LogP contribution < -0.4 is 10.2 Å². The van der Waals surface area contributed by atoms with E-state index in [1.165, 1.54) is 24.1 Å². The smallest absolute Gasteiger partial charge is 0.0398 e. The monoisotopic (exact) mass is 274 g/mol. The fourth-order valence-electron chi connectivity index (χ4n) is 2.00. The Morgan fingerprint density at radius 3 is 2.40 bits per heavy atom. The molecule has 1 N–H and O–H groups in total. The Morgan fingerprint density at radius 1 is 1.20 bits per heavy atom. The van der Waals surface area contributed by atoms with Crippen molar-refractivity contribution in [3.63, 3.8) is 0 Å². The second-order valence-corrected chi connectivity index (χ2v) is 6.46. The molecule has 0 aliphatic carbocycles. The molecule has 112 valence electrons. The van der Waals surface area contributed by atoms with E-state index in [2.05, 4.69) is 74.8 Å². The second-order valence-electron chi connectivity index (χ2n) is 6.46. The van der Waals surface area contributed by atoms with Gasteiger partial charge in [0.05, 0.1) is 0 Å². The van der Waals surface area contributed by atoms with Gasteiger partial charge in [-0.2, -0.15) is 0 Å². The number of hydrogen-bond donors (Lipinski definition) is 1. The van der Waals surface area contributed by atoms with Crippen molar-refractivity contribution in [1.82, 2.24) is 5.32 Å². The van der Waals surface area contributed by atoms with Crippen LogP contribution in [0.25, 0.3) is 0 Å². The molecule has 0 fully saturated rings. The molecule has 0 bridgehead atoms. The molecule has 1 aromatic carbocycles. The highest BCUT2D eigenvalue weighted by Gasteiger charge is 2.11. The SMILES string of the molecule is C=C(CNC(C)(C)C)CN(CCCC)c1ccccc1. The summed E-state index contributed by atoms with van der Waals surface area (Å²) in [4.78, 5) is 2.43. The third-order valence-electron chi connectivity index (χ3n) is 3.19. The number of nitrogens with one attached hydrogen (secondary N) is 1. The number of rotatable bonds is 8. The highest BCUT2D eigenvalue weighted by atomic mass is 15.1. The number of anilines is 1. The van der Waals surface area contributed by atoms with Crippen molar-refractivity contribution in [2.24, 2.45) is 0 Å². The first-order valence-corrected chi connectivity index (χ1v) is 7.64. The topological polar surface area (TPSA) is 15.3 Å². The largest absolute Gasteiger partial charge is 0.367 e. The predicted molar refractivity (Wildman–Crippen MR) is 90.5 cm³/mol. The summed E-state index contributed by atoms with van der Waals surface area (Å²) in [5.41, 5.74) is 2.67. The van der Waals surface area contributed by atoms with Gasteiger partial charge in [-0.1, -0.05) is 38.1 Å². The fourth-order valence-corrected chi connectivity index (χ4v) is 2.00. The Balaban J connectivity index is 2.59. The van der Waals surface area contributed by atoms with Gasteiger partial charge in [0.15, 0.2) is 0 Å². The first kappa shape index (κ1) is 16.8. The van der Waals surface area contributed by atoms with E-state index in [1.54, 1.807) is 0 Å². The third kappa shape index (κ3) is 6.76. The molecule has 2 nitrogen and oxygen atoms in total. The zero-order valence-electron chi connectivity index (χ0n) is 13.6. The van der Waals surface area contributed by atoms with Crippen LogP contribution in [0.1, 0.15) is 40.5 Å². The van der Waals surface area contributed by atoms with Gasteiger partial charge >= 0.3 is 0 Å². The molecule has 2 heteroatoms. The minimum Gasteiger partial charge on any atom is -0.367 e. The van der Waals surface area contributed by atoms with Gasteiger partial charge in [0.25, 0.3) is 0 Å². The van der Waals surface area contributed by atoms with Crippen LogP contribution >= 0.6 is 0 Å². The standard InChI is InChI=1S/C18H30N2/c1-6-7-13-20(17-11-9-8-10-12-17)15-16(2)14-19-18(3,4)5/h8-12,19H,2,6-7,13-15H2,1,3-5H3. The minimum atomic E-state index is 0.143. The highest BCUT2D eigenvalue weighted by molar-refractivity contribution is 5.47. The molecular weight excluding hydrogens is 244 g/mol. The van der Waals surface area contributed by atoms with Crippen molar-refractivity contribution in [3.8, 4) is 0 Å². The lowest BCUT2D eigenvalue weighted by molar-refractivity contribution is 0.443. The van der Waals surface area contributed by atoms with Gasteiger partial charge in [-0.15, -0.1) is 0 Å². The molecule has 0 aromatic heterocycles. The lowest BCUT2D eigenvalue weighted by atomic mass is 10.1. The van der Waals surface area contributed by atoms with Gasteiger partial charge in [-0.3, -0.25) is 0 Å². The number of para-hydroxylation sites is 1. The van der Waals surface area contributed by atoms with Crippen molar-refractivity contribution < 1.29 is 0 Å². The van der Waals surface area contributed by atoms with E-state index >= 15 is 0 Å². The average Bonchev–Trinajstić information content (AvgIpc) is 2.41. The van der Waals surface area contributed by atoms with Crippen LogP contribution in [0.5, 0.6) is 0 Å². The lowest BCUT2D eigenvalue weighted by Gasteiger charge is -2.27. The van der Waals surface area contributed by atoms with Crippen molar-refractivity contribution in [3.05, 3.63) is 42.5 Å². The Morgan fingerprint density at radius 2 is 1.85 bits per heavy atom. The van der Waals surface area contributed by atoms with Crippen molar-refractivity contribution in [1.29, 1.82) is 0 Å². The van der Waals surface area contributed by atoms with Gasteiger partial charge in [-0.25, -0.2) is 0 Å². The summed E-state index contributed by atoms with van der Waals surface area (Å²) in [6.07, 6.45) is 2.44. The number of benzene rings is 1. The quantitative estimate of drug-likeness (QED) is 0.713. The Bertz CT molecular complexity index is 390. The van der Waals surface area contributed by atoms with Crippen LogP contribution in [-0.4, -0.2) is 25.2 Å². The number of unbranched alkanes of at least 4 members (excludes halogenated alkanes) is 1. The molecular formula is C18H30N2. The normalized spacial score (nSPS) is 11.4. The zero-order chi connectivity index (χ0) is 15.0. The van der Waals surface area contributed by atoms with Gasteiger partial charge in [0, 0.05) is 30.9 Å². The summed E-state index contributed by atoms with van der Waals surface area (Å²) in [5, 5.41) is 3.51. The molecule has 0 spiro atoms. The summed E-state index contributed by atoms with van der Waals surface area (Å²) in [6, 6.07) is 10.6. The maximum Gasteiger partial charge on any atom is 0.0398 e. The summed E-state index contributed by atoms with van der Waals surface area (Å²) >= 11 is 0. The predicted octanol–water partition coefficient (Wildman–Crippen LogP) is 4.24. The van der Waals surface area contributed by atoms with E-state index in [-0.39, 0.29) is 5.54 Å². The van der Waals surface area contributed by atoms with E-state index in [9.17, 15) is 0 Å². The Hall–Kier alpha value is -1.28. The van der Waals surface area contributed by atoms with Crippen LogP contribution in [0.2, 0.25) is 0 Å². The first-order valence-electron chi connectivity index (χ1n) is 7.64. The molecule has 0 saturated heterocycles. The van der Waals surface area contributed by atoms with Crippen molar-refractivity contribution in [2.45, 2.75) is 46.1 Å². The van der Waals surface area contributed by atoms with Crippen molar-refractivity contribution in [2.75, 3.05) is 24.5 Å². The molecule has 1 aromatic rings. The van der Waals surface area contributed by atoms with Gasteiger partial charge in [-0.05, 0) is 44.9 Å². The van der Waals surface area contributed by atoms with E-state index < -0.39 is 0 Å². The Kier molecular flexibility index (Phi) is 6.80. The van der Waals surface area contributed by atoms with Gasteiger partial charge in [0.1, 0.15) is 0 Å². The summed E-state index contributed by atoms with van der Waals surface area (Å²) in [7, 11) is 0. The molecule has 0 aliphatic rings. The van der Waals surface area contributed by atoms with E-state index in [0.29, 0.717) is 0 Å². The zero-order valence-corrected chi connectivity index (χ0v) is 13.6. The molecule has 1 rings (SSSR count). The lowest BCUT2D eigenvalue weighted by Crippen LogP contribution is -2.39. The van der Waals surface area contributed by atoms with Crippen LogP contribution in [0, 0.1) is 0 Å². The van der Waals surface area contributed by atoms with Crippen molar-refractivity contribution >= 4 is 5.69 Å². The fraction of sp³-hybridized carbons (Fsp3) is 0.556. The summed E-state index contributed by atoms with van der Waals surface area (Å²) in [6.45, 7) is 15.9. The number of hydrogen-bond acceptors (Lipinski definition) is 2. The van der Waals surface area contributed by atoms with E-state index in [0.717, 1.165) is 19.6 Å². The van der Waals surface area contributed by atoms with Crippen LogP contribution in [0.15, 0.2) is 42.5 Å². The second kappa shape index (κ2) is 8.11. The number of nitrogens with zero attached hydrogens (tertiary/aromatic N) is 1. The van der Waals surface area contributed by atoms with E-state index in [1.807, 2.05) is 0 Å². The first-order chi connectivity index (χ1) is 9.42. The highest BCUT2D eigenvalue weighted by Crippen LogP contribution is 2.15. The molecule has 0 atom stereocenters. The molecule has 0 heterocycles. The summed E-state index contributed by atoms with van der Waals surface area (Å²) in [5.74, 6) is 0. The van der Waals surface area contributed by atoms with Crippen LogP contribution in [-0.2, 0) is 0 Å². The average molecular weight is 274 g/mol. The molecule has 0 radical (unpaired) electrons. The minimum absolute atomic E-state index is 0.143. The molecule has 0 aliphatic heterocycles. The summed E-state index contributed by atoms with van der Waals surface area (Å²) < 4.78 is 0. The van der Waals surface area contributed by atoms with Gasteiger partial charge < -0.3 is 10.2 Å². The molecule has 0 amide bonds. The van der Waals surface area contributed by atoms with E-state index in [4.69, 9.17) is 0 Å². The molecule has 0 saturated carbocycles. The maximum absolute atomic E-state index is 4.23. The van der Waals surface area contributed by atoms with Gasteiger partial charge in [0.2, 0.25) is 0 Å². The Labute approximate surface area is 124 Å². The maximum atomic E-state index is 4.23. The molecule has 0 unspecified atom stereocenters. The van der Waals surface area contributed by atoms with Crippen LogP contribution in [0.4, 0.5) is 5.69 Å². The van der Waals surface area contributed by atoms with Crippen LogP contribution in [0.3, 0.4) is 0 Å². The molecule has 20 heavy (non-hydrogen) atoms. The third-order valence-corrected chi connectivity index (χ3v) is 3.19.